The molecule has 0 saturated carbocycles. The van der Waals surface area contributed by atoms with Crippen molar-refractivity contribution in [1.29, 1.82) is 0 Å². The highest BCUT2D eigenvalue weighted by atomic mass is 35.5. The standard InChI is InChI=1S/C18H14ClN5OS/c19-13-9-20-24(11-13)10-12-3-1-4-14(7-12)21-18(25)16-8-15(22-23-16)17-5-2-6-26-17/h1-9,11H,10H2,(H,21,25)(H,22,23). The van der Waals surface area contributed by atoms with Crippen molar-refractivity contribution in [3.05, 3.63) is 76.5 Å². The quantitative estimate of drug-likeness (QED) is 0.539. The summed E-state index contributed by atoms with van der Waals surface area (Å²) in [6.45, 7) is 0.571. The van der Waals surface area contributed by atoms with E-state index in [1.807, 2.05) is 41.8 Å². The second-order valence-corrected chi connectivity index (χ2v) is 7.04. The molecule has 0 saturated heterocycles. The molecule has 2 N–H and O–H groups in total. The van der Waals surface area contributed by atoms with Crippen LogP contribution in [0.15, 0.2) is 60.2 Å². The van der Waals surface area contributed by atoms with Crippen LogP contribution in [0.25, 0.3) is 10.6 Å². The molecule has 8 heteroatoms. The van der Waals surface area contributed by atoms with Crippen LogP contribution in [0.2, 0.25) is 5.02 Å². The van der Waals surface area contributed by atoms with Crippen LogP contribution in [0.3, 0.4) is 0 Å². The number of aromatic amines is 1. The lowest BCUT2D eigenvalue weighted by Gasteiger charge is -2.06. The molecule has 26 heavy (non-hydrogen) atoms. The largest absolute Gasteiger partial charge is 0.321 e. The van der Waals surface area contributed by atoms with E-state index in [9.17, 15) is 4.79 Å². The lowest BCUT2D eigenvalue weighted by molar-refractivity contribution is 0.102. The molecule has 0 aliphatic carbocycles. The predicted octanol–water partition coefficient (Wildman–Crippen LogP) is 4.29. The van der Waals surface area contributed by atoms with E-state index < -0.39 is 0 Å². The predicted molar refractivity (Wildman–Crippen MR) is 103 cm³/mol. The number of nitrogens with zero attached hydrogens (tertiary/aromatic N) is 3. The van der Waals surface area contributed by atoms with E-state index >= 15 is 0 Å². The second kappa shape index (κ2) is 7.15. The van der Waals surface area contributed by atoms with Gasteiger partial charge in [0, 0.05) is 11.9 Å². The number of H-pyrrole nitrogens is 1. The fourth-order valence-electron chi connectivity index (χ4n) is 2.55. The van der Waals surface area contributed by atoms with Gasteiger partial charge in [-0.3, -0.25) is 14.6 Å². The highest BCUT2D eigenvalue weighted by molar-refractivity contribution is 7.13. The Kier molecular flexibility index (Phi) is 4.55. The molecule has 0 aliphatic heterocycles. The Morgan fingerprint density at radius 2 is 2.19 bits per heavy atom. The van der Waals surface area contributed by atoms with Crippen molar-refractivity contribution in [2.24, 2.45) is 0 Å². The van der Waals surface area contributed by atoms with Gasteiger partial charge in [0.2, 0.25) is 0 Å². The van der Waals surface area contributed by atoms with Crippen molar-refractivity contribution in [2.75, 3.05) is 5.32 Å². The number of halogens is 1. The number of carbonyl (C=O) groups is 1. The van der Waals surface area contributed by atoms with Gasteiger partial charge in [-0.25, -0.2) is 0 Å². The molecule has 3 aromatic heterocycles. The Labute approximate surface area is 158 Å². The van der Waals surface area contributed by atoms with Gasteiger partial charge in [-0.15, -0.1) is 11.3 Å². The monoisotopic (exact) mass is 383 g/mol. The summed E-state index contributed by atoms with van der Waals surface area (Å²) in [5.41, 5.74) is 2.88. The zero-order chi connectivity index (χ0) is 17.9. The van der Waals surface area contributed by atoms with Gasteiger partial charge in [-0.1, -0.05) is 29.8 Å². The maximum absolute atomic E-state index is 12.4. The number of amides is 1. The van der Waals surface area contributed by atoms with E-state index in [1.165, 1.54) is 0 Å². The number of benzene rings is 1. The van der Waals surface area contributed by atoms with E-state index in [0.29, 0.717) is 22.9 Å². The molecule has 0 aliphatic rings. The Balaban J connectivity index is 1.47. The van der Waals surface area contributed by atoms with E-state index in [0.717, 1.165) is 16.1 Å². The molecule has 4 rings (SSSR count). The summed E-state index contributed by atoms with van der Waals surface area (Å²) in [4.78, 5) is 13.5. The molecule has 3 heterocycles. The topological polar surface area (TPSA) is 75.6 Å². The van der Waals surface area contributed by atoms with Crippen LogP contribution in [0.4, 0.5) is 5.69 Å². The summed E-state index contributed by atoms with van der Waals surface area (Å²) in [7, 11) is 0. The number of hydrogen-bond acceptors (Lipinski definition) is 4. The molecule has 0 spiro atoms. The summed E-state index contributed by atoms with van der Waals surface area (Å²) >= 11 is 7.47. The van der Waals surface area contributed by atoms with Gasteiger partial charge in [0.15, 0.2) is 5.69 Å². The first-order valence-electron chi connectivity index (χ1n) is 7.85. The van der Waals surface area contributed by atoms with Crippen molar-refractivity contribution in [1.82, 2.24) is 20.0 Å². The molecule has 0 radical (unpaired) electrons. The summed E-state index contributed by atoms with van der Waals surface area (Å²) in [5.74, 6) is -0.261. The molecule has 0 unspecified atom stereocenters. The van der Waals surface area contributed by atoms with Gasteiger partial charge in [0.25, 0.3) is 5.91 Å². The fraction of sp³-hybridized carbons (Fsp3) is 0.0556. The van der Waals surface area contributed by atoms with Gasteiger partial charge in [-0.05, 0) is 35.2 Å². The van der Waals surface area contributed by atoms with E-state index in [1.54, 1.807) is 34.5 Å². The van der Waals surface area contributed by atoms with Crippen molar-refractivity contribution < 1.29 is 4.79 Å². The summed E-state index contributed by atoms with van der Waals surface area (Å²) in [5, 5.41) is 16.6. The number of aromatic nitrogens is 4. The Hall–Kier alpha value is -2.90. The lowest BCUT2D eigenvalue weighted by atomic mass is 10.2. The minimum Gasteiger partial charge on any atom is -0.321 e. The number of hydrogen-bond donors (Lipinski definition) is 2. The zero-order valence-corrected chi connectivity index (χ0v) is 15.1. The Morgan fingerprint density at radius 1 is 1.27 bits per heavy atom. The van der Waals surface area contributed by atoms with Crippen LogP contribution >= 0.6 is 22.9 Å². The fourth-order valence-corrected chi connectivity index (χ4v) is 3.40. The minimum atomic E-state index is -0.261. The van der Waals surface area contributed by atoms with Crippen molar-refractivity contribution >= 4 is 34.5 Å². The molecule has 1 amide bonds. The third-order valence-electron chi connectivity index (χ3n) is 3.73. The molecule has 130 valence electrons. The maximum atomic E-state index is 12.4. The molecule has 0 fully saturated rings. The molecular formula is C18H14ClN5OS. The zero-order valence-electron chi connectivity index (χ0n) is 13.5. The molecule has 0 bridgehead atoms. The highest BCUT2D eigenvalue weighted by Gasteiger charge is 2.12. The summed E-state index contributed by atoms with van der Waals surface area (Å²) in [6, 6.07) is 13.3. The molecule has 6 nitrogen and oxygen atoms in total. The van der Waals surface area contributed by atoms with Crippen LogP contribution in [0.1, 0.15) is 16.1 Å². The molecular weight excluding hydrogens is 370 g/mol. The van der Waals surface area contributed by atoms with Gasteiger partial charge in [0.1, 0.15) is 0 Å². The van der Waals surface area contributed by atoms with Gasteiger partial charge in [-0.2, -0.15) is 10.2 Å². The van der Waals surface area contributed by atoms with E-state index in [2.05, 4.69) is 20.6 Å². The lowest BCUT2D eigenvalue weighted by Crippen LogP contribution is -2.12. The van der Waals surface area contributed by atoms with Crippen LogP contribution in [0.5, 0.6) is 0 Å². The van der Waals surface area contributed by atoms with Crippen molar-refractivity contribution in [3.63, 3.8) is 0 Å². The molecule has 4 aromatic rings. The molecule has 1 aromatic carbocycles. The third-order valence-corrected chi connectivity index (χ3v) is 4.83. The van der Waals surface area contributed by atoms with Gasteiger partial charge < -0.3 is 5.32 Å². The van der Waals surface area contributed by atoms with Gasteiger partial charge >= 0.3 is 0 Å². The number of carbonyl (C=O) groups excluding carboxylic acids is 1. The average Bonchev–Trinajstić information content (AvgIpc) is 3.36. The second-order valence-electron chi connectivity index (χ2n) is 5.65. The normalized spacial score (nSPS) is 10.8. The minimum absolute atomic E-state index is 0.261. The first kappa shape index (κ1) is 16.6. The number of nitrogens with one attached hydrogen (secondary N) is 2. The summed E-state index contributed by atoms with van der Waals surface area (Å²) in [6.07, 6.45) is 3.35. The SMILES string of the molecule is O=C(Nc1cccc(Cn2cc(Cl)cn2)c1)c1cc(-c2cccs2)[nH]n1. The van der Waals surface area contributed by atoms with Gasteiger partial charge in [0.05, 0.1) is 28.3 Å². The van der Waals surface area contributed by atoms with Crippen LogP contribution in [-0.2, 0) is 6.54 Å². The van der Waals surface area contributed by atoms with Crippen LogP contribution < -0.4 is 5.32 Å². The Bertz CT molecular complexity index is 1040. The number of thiophene rings is 1. The van der Waals surface area contributed by atoms with Crippen LogP contribution in [0, 0.1) is 0 Å². The first-order chi connectivity index (χ1) is 12.7. The first-order valence-corrected chi connectivity index (χ1v) is 9.11. The van der Waals surface area contributed by atoms with Crippen molar-refractivity contribution in [3.8, 4) is 10.6 Å². The van der Waals surface area contributed by atoms with E-state index in [4.69, 9.17) is 11.6 Å². The highest BCUT2D eigenvalue weighted by Crippen LogP contribution is 2.23. The smallest absolute Gasteiger partial charge is 0.276 e. The van der Waals surface area contributed by atoms with Crippen LogP contribution in [-0.4, -0.2) is 25.9 Å². The van der Waals surface area contributed by atoms with Crippen molar-refractivity contribution in [2.45, 2.75) is 6.54 Å². The maximum Gasteiger partial charge on any atom is 0.276 e. The average molecular weight is 384 g/mol. The Morgan fingerprint density at radius 3 is 2.96 bits per heavy atom. The number of anilines is 1. The molecule has 0 atom stereocenters. The summed E-state index contributed by atoms with van der Waals surface area (Å²) < 4.78 is 1.74. The number of rotatable bonds is 5. The third kappa shape index (κ3) is 3.68. The van der Waals surface area contributed by atoms with E-state index in [-0.39, 0.29) is 5.91 Å².